The number of benzene rings is 1. The van der Waals surface area contributed by atoms with Gasteiger partial charge < -0.3 is 4.74 Å². The fourth-order valence-electron chi connectivity index (χ4n) is 0.988. The maximum absolute atomic E-state index is 13.4. The van der Waals surface area contributed by atoms with E-state index in [1.165, 1.54) is 17.6 Å². The lowest BCUT2D eigenvalue weighted by Gasteiger charge is -2.15. The van der Waals surface area contributed by atoms with Crippen LogP contribution in [0.1, 0.15) is 4.88 Å². The number of rotatable bonds is 3. The number of hydrogen-bond acceptors (Lipinski definition) is 3. The van der Waals surface area contributed by atoms with Crippen molar-refractivity contribution in [2.45, 2.75) is 6.11 Å². The summed E-state index contributed by atoms with van der Waals surface area (Å²) in [5, 5.41) is 0. The fraction of sp³-hybridized carbons (Fsp3) is 0.100. The maximum atomic E-state index is 13.4. The summed E-state index contributed by atoms with van der Waals surface area (Å²) < 4.78 is 31.3. The van der Waals surface area contributed by atoms with E-state index in [2.05, 4.69) is 15.8 Å². The van der Waals surface area contributed by atoms with Gasteiger partial charge in [0, 0.05) is 6.07 Å². The number of aromatic nitrogens is 1. The predicted molar refractivity (Wildman–Crippen MR) is 51.9 cm³/mol. The summed E-state index contributed by atoms with van der Waals surface area (Å²) in [6.07, 6.45) is -2.26. The Kier molecular flexibility index (Phi) is 2.64. The van der Waals surface area contributed by atoms with E-state index >= 15 is 0 Å². The van der Waals surface area contributed by atoms with Gasteiger partial charge in [0.1, 0.15) is 10.6 Å². The molecule has 1 heterocycles. The van der Waals surface area contributed by atoms with Gasteiger partial charge in [0.25, 0.3) is 0 Å². The number of ether oxygens (including phenoxy) is 1. The summed E-state index contributed by atoms with van der Waals surface area (Å²) in [5.74, 6) is 0.0101. The van der Waals surface area contributed by atoms with Gasteiger partial charge in [0.2, 0.25) is 0 Å². The van der Waals surface area contributed by atoms with Gasteiger partial charge >= 0.3 is 6.11 Å². The minimum absolute atomic E-state index is 0.0101. The van der Waals surface area contributed by atoms with Crippen molar-refractivity contribution < 1.29 is 13.5 Å². The zero-order valence-electron chi connectivity index (χ0n) is 7.48. The van der Waals surface area contributed by atoms with E-state index in [9.17, 15) is 8.78 Å². The van der Waals surface area contributed by atoms with Gasteiger partial charge in [0.05, 0.1) is 11.7 Å². The molecule has 15 heavy (non-hydrogen) atoms. The average Bonchev–Trinajstić information content (AvgIpc) is 2.71. The molecule has 77 valence electrons. The van der Waals surface area contributed by atoms with Crippen molar-refractivity contribution >= 4 is 11.3 Å². The molecule has 2 nitrogen and oxygen atoms in total. The van der Waals surface area contributed by atoms with E-state index < -0.39 is 6.11 Å². The highest BCUT2D eigenvalue weighted by atomic mass is 32.1. The average molecular weight is 226 g/mol. The van der Waals surface area contributed by atoms with Crippen molar-refractivity contribution in [1.82, 2.24) is 4.98 Å². The predicted octanol–water partition coefficient (Wildman–Crippen LogP) is 3.07. The molecule has 1 aromatic heterocycles. The van der Waals surface area contributed by atoms with Crippen LogP contribution in [0.2, 0.25) is 0 Å². The van der Waals surface area contributed by atoms with Crippen molar-refractivity contribution in [3.8, 4) is 5.75 Å². The zero-order chi connectivity index (χ0) is 10.7. The van der Waals surface area contributed by atoms with Crippen LogP contribution in [0.25, 0.3) is 0 Å². The van der Waals surface area contributed by atoms with Crippen molar-refractivity contribution in [2.75, 3.05) is 0 Å². The van der Waals surface area contributed by atoms with Gasteiger partial charge in [-0.15, -0.1) is 11.3 Å². The summed E-state index contributed by atoms with van der Waals surface area (Å²) in [7, 11) is 0. The Balaban J connectivity index is 2.18. The molecular formula is C10H6F2NOS. The number of thiazole rings is 1. The lowest BCUT2D eigenvalue weighted by Crippen LogP contribution is -2.20. The normalized spacial score (nSPS) is 11.3. The topological polar surface area (TPSA) is 22.1 Å². The molecule has 0 aliphatic rings. The molecule has 0 aliphatic carbocycles. The molecular weight excluding hydrogens is 220 g/mol. The standard InChI is InChI=1S/C10H6F2NOS/c11-10(12,9-6-13-7-15-9)14-8-4-2-1-3-5-8/h1-4,6-7H. The Hall–Kier alpha value is -1.49. The first-order valence-electron chi connectivity index (χ1n) is 4.11. The molecule has 5 heteroatoms. The first kappa shape index (κ1) is 10.0. The maximum Gasteiger partial charge on any atom is 0.437 e. The Labute approximate surface area is 89.2 Å². The molecule has 2 aromatic rings. The molecule has 0 saturated carbocycles. The van der Waals surface area contributed by atoms with Crippen LogP contribution in [0.5, 0.6) is 5.75 Å². The highest BCUT2D eigenvalue weighted by Gasteiger charge is 2.36. The second-order valence-electron chi connectivity index (χ2n) is 2.71. The van der Waals surface area contributed by atoms with Gasteiger partial charge in [-0.3, -0.25) is 4.98 Å². The summed E-state index contributed by atoms with van der Waals surface area (Å²) in [5.41, 5.74) is 1.33. The third-order valence-corrected chi connectivity index (χ3v) is 2.46. The number of alkyl halides is 2. The molecule has 0 fully saturated rings. The van der Waals surface area contributed by atoms with Crippen LogP contribution in [-0.2, 0) is 6.11 Å². The minimum Gasteiger partial charge on any atom is -0.428 e. The molecule has 0 spiro atoms. The molecule has 0 amide bonds. The van der Waals surface area contributed by atoms with Crippen molar-refractivity contribution in [3.63, 3.8) is 0 Å². The van der Waals surface area contributed by atoms with E-state index in [0.29, 0.717) is 0 Å². The summed E-state index contributed by atoms with van der Waals surface area (Å²) in [6, 6.07) is 8.79. The van der Waals surface area contributed by atoms with Gasteiger partial charge in [-0.25, -0.2) is 0 Å². The monoisotopic (exact) mass is 226 g/mol. The molecule has 0 unspecified atom stereocenters. The Morgan fingerprint density at radius 2 is 2.27 bits per heavy atom. The molecule has 0 bridgehead atoms. The first-order valence-corrected chi connectivity index (χ1v) is 4.99. The van der Waals surface area contributed by atoms with E-state index in [-0.39, 0.29) is 10.6 Å². The minimum atomic E-state index is -3.35. The fourth-order valence-corrected chi connectivity index (χ4v) is 1.52. The molecule has 0 atom stereocenters. The number of hydrogen-bond donors (Lipinski definition) is 0. The summed E-state index contributed by atoms with van der Waals surface area (Å²) in [6.45, 7) is 0. The van der Waals surface area contributed by atoms with E-state index in [1.54, 1.807) is 12.1 Å². The highest BCUT2D eigenvalue weighted by molar-refractivity contribution is 7.09. The molecule has 0 saturated heterocycles. The molecule has 0 aliphatic heterocycles. The smallest absolute Gasteiger partial charge is 0.428 e. The van der Waals surface area contributed by atoms with Gasteiger partial charge in [-0.05, 0) is 6.07 Å². The zero-order valence-corrected chi connectivity index (χ0v) is 8.30. The quantitative estimate of drug-likeness (QED) is 0.802. The van der Waals surface area contributed by atoms with Crippen LogP contribution in [0.3, 0.4) is 0 Å². The summed E-state index contributed by atoms with van der Waals surface area (Å²) >= 11 is 0.849. The Morgan fingerprint density at radius 1 is 1.40 bits per heavy atom. The van der Waals surface area contributed by atoms with E-state index in [1.807, 2.05) is 0 Å². The summed E-state index contributed by atoms with van der Waals surface area (Å²) in [4.78, 5) is 3.36. The number of nitrogens with zero attached hydrogens (tertiary/aromatic N) is 1. The lowest BCUT2D eigenvalue weighted by molar-refractivity contribution is -0.182. The second kappa shape index (κ2) is 3.94. The molecule has 0 N–H and O–H groups in total. The molecule has 1 aromatic carbocycles. The number of halogens is 2. The Morgan fingerprint density at radius 3 is 2.87 bits per heavy atom. The van der Waals surface area contributed by atoms with E-state index in [0.717, 1.165) is 17.5 Å². The Bertz CT molecular complexity index is 416. The van der Waals surface area contributed by atoms with Crippen LogP contribution < -0.4 is 4.74 Å². The second-order valence-corrected chi connectivity index (χ2v) is 3.60. The van der Waals surface area contributed by atoms with Crippen LogP contribution in [0.15, 0.2) is 36.0 Å². The van der Waals surface area contributed by atoms with Gasteiger partial charge in [0.15, 0.2) is 0 Å². The van der Waals surface area contributed by atoms with Crippen LogP contribution in [-0.4, -0.2) is 4.98 Å². The SMILES string of the molecule is FC(F)(Oc1[c]cccc1)c1cncs1. The van der Waals surface area contributed by atoms with Crippen LogP contribution >= 0.6 is 11.3 Å². The van der Waals surface area contributed by atoms with Crippen molar-refractivity contribution in [1.29, 1.82) is 0 Å². The first-order chi connectivity index (χ1) is 7.18. The third-order valence-electron chi connectivity index (χ3n) is 1.64. The third kappa shape index (κ3) is 2.30. The number of para-hydroxylation sites is 1. The van der Waals surface area contributed by atoms with E-state index in [4.69, 9.17) is 0 Å². The van der Waals surface area contributed by atoms with Crippen LogP contribution in [0.4, 0.5) is 8.78 Å². The van der Waals surface area contributed by atoms with Crippen molar-refractivity contribution in [2.24, 2.45) is 0 Å². The molecule has 1 radical (unpaired) electrons. The van der Waals surface area contributed by atoms with Crippen LogP contribution in [0, 0.1) is 6.07 Å². The lowest BCUT2D eigenvalue weighted by atomic mass is 10.3. The van der Waals surface area contributed by atoms with Crippen molar-refractivity contribution in [3.05, 3.63) is 46.9 Å². The molecule has 2 rings (SSSR count). The van der Waals surface area contributed by atoms with Gasteiger partial charge in [-0.2, -0.15) is 8.78 Å². The largest absolute Gasteiger partial charge is 0.437 e. The van der Waals surface area contributed by atoms with Gasteiger partial charge in [-0.1, -0.05) is 18.2 Å². The highest BCUT2D eigenvalue weighted by Crippen LogP contribution is 2.32.